The topological polar surface area (TPSA) is 47.9 Å². The maximum Gasteiger partial charge on any atom is 0.184 e. The van der Waals surface area contributed by atoms with E-state index >= 15 is 0 Å². The summed E-state index contributed by atoms with van der Waals surface area (Å²) in [6, 6.07) is 7.56. The Kier molecular flexibility index (Phi) is 3.99. The lowest BCUT2D eigenvalue weighted by atomic mass is 10.1. The summed E-state index contributed by atoms with van der Waals surface area (Å²) in [6.45, 7) is 2.34. The van der Waals surface area contributed by atoms with Gasteiger partial charge < -0.3 is 19.3 Å². The zero-order valence-corrected chi connectivity index (χ0v) is 10.1. The van der Waals surface area contributed by atoms with Crippen LogP contribution in [0.4, 0.5) is 0 Å². The van der Waals surface area contributed by atoms with E-state index in [9.17, 15) is 5.11 Å². The van der Waals surface area contributed by atoms with Gasteiger partial charge >= 0.3 is 0 Å². The van der Waals surface area contributed by atoms with Crippen LogP contribution in [-0.2, 0) is 9.47 Å². The summed E-state index contributed by atoms with van der Waals surface area (Å²) in [6.07, 6.45) is -0.297. The first kappa shape index (κ1) is 12.4. The van der Waals surface area contributed by atoms with Crippen molar-refractivity contribution in [1.29, 1.82) is 0 Å². The minimum atomic E-state index is -0.473. The van der Waals surface area contributed by atoms with E-state index in [1.807, 2.05) is 24.3 Å². The largest absolute Gasteiger partial charge is 0.497 e. The maximum atomic E-state index is 9.52. The fourth-order valence-corrected chi connectivity index (χ4v) is 1.85. The Morgan fingerprint density at radius 3 is 2.65 bits per heavy atom. The van der Waals surface area contributed by atoms with Crippen LogP contribution < -0.4 is 4.74 Å². The Labute approximate surface area is 101 Å². The number of rotatable bonds is 3. The Hall–Kier alpha value is -1.10. The van der Waals surface area contributed by atoms with Crippen molar-refractivity contribution in [2.45, 2.75) is 31.8 Å². The average molecular weight is 238 g/mol. The van der Waals surface area contributed by atoms with Gasteiger partial charge in [0.25, 0.3) is 0 Å². The molecule has 0 spiro atoms. The molecule has 0 amide bonds. The lowest BCUT2D eigenvalue weighted by molar-refractivity contribution is -0.235. The van der Waals surface area contributed by atoms with Gasteiger partial charge in [0.05, 0.1) is 25.9 Å². The highest BCUT2D eigenvalue weighted by molar-refractivity contribution is 5.27. The fraction of sp³-hybridized carbons (Fsp3) is 0.538. The van der Waals surface area contributed by atoms with Gasteiger partial charge in [-0.15, -0.1) is 0 Å². The van der Waals surface area contributed by atoms with Gasteiger partial charge in [-0.3, -0.25) is 0 Å². The molecule has 0 aliphatic carbocycles. The number of hydrogen-bond acceptors (Lipinski definition) is 4. The van der Waals surface area contributed by atoms with E-state index in [-0.39, 0.29) is 6.10 Å². The molecule has 1 aliphatic heterocycles. The van der Waals surface area contributed by atoms with Crippen LogP contribution in [0.25, 0.3) is 0 Å². The summed E-state index contributed by atoms with van der Waals surface area (Å²) < 4.78 is 16.3. The van der Waals surface area contributed by atoms with Gasteiger partial charge in [-0.05, 0) is 25.5 Å². The first-order chi connectivity index (χ1) is 8.20. The maximum absolute atomic E-state index is 9.52. The van der Waals surface area contributed by atoms with Crippen LogP contribution in [0.1, 0.15) is 25.2 Å². The smallest absolute Gasteiger partial charge is 0.184 e. The van der Waals surface area contributed by atoms with Crippen LogP contribution >= 0.6 is 0 Å². The van der Waals surface area contributed by atoms with Crippen LogP contribution in [0.3, 0.4) is 0 Å². The van der Waals surface area contributed by atoms with Crippen molar-refractivity contribution in [3.63, 3.8) is 0 Å². The first-order valence-corrected chi connectivity index (χ1v) is 5.80. The minimum Gasteiger partial charge on any atom is -0.497 e. The van der Waals surface area contributed by atoms with Crippen molar-refractivity contribution < 1.29 is 19.3 Å². The number of aliphatic hydroxyl groups is 1. The van der Waals surface area contributed by atoms with Crippen molar-refractivity contribution >= 4 is 0 Å². The summed E-state index contributed by atoms with van der Waals surface area (Å²) >= 11 is 0. The molecule has 1 saturated heterocycles. The Morgan fingerprint density at radius 2 is 2.06 bits per heavy atom. The van der Waals surface area contributed by atoms with Gasteiger partial charge in [-0.25, -0.2) is 0 Å². The molecule has 3 atom stereocenters. The summed E-state index contributed by atoms with van der Waals surface area (Å²) in [4.78, 5) is 0. The molecule has 0 radical (unpaired) electrons. The number of benzene rings is 1. The molecule has 4 nitrogen and oxygen atoms in total. The molecule has 0 saturated carbocycles. The lowest BCUT2D eigenvalue weighted by Crippen LogP contribution is -2.34. The summed E-state index contributed by atoms with van der Waals surface area (Å²) in [5, 5.41) is 9.52. The first-order valence-electron chi connectivity index (χ1n) is 5.80. The highest BCUT2D eigenvalue weighted by Crippen LogP contribution is 2.28. The molecule has 2 rings (SSSR count). The zero-order valence-electron chi connectivity index (χ0n) is 10.1. The summed E-state index contributed by atoms with van der Waals surface area (Å²) in [7, 11) is 1.63. The summed E-state index contributed by atoms with van der Waals surface area (Å²) in [5.74, 6) is 0.802. The quantitative estimate of drug-likeness (QED) is 0.873. The number of aliphatic hydroxyl groups excluding tert-OH is 1. The molecule has 1 heterocycles. The Morgan fingerprint density at radius 1 is 1.35 bits per heavy atom. The Bertz CT molecular complexity index is 347. The normalized spacial score (nSPS) is 26.5. The number of methoxy groups -OCH3 is 1. The molecule has 94 valence electrons. The van der Waals surface area contributed by atoms with Crippen molar-refractivity contribution in [1.82, 2.24) is 0 Å². The molecule has 4 heteroatoms. The molecule has 1 N–H and O–H groups in total. The average Bonchev–Trinajstić information content (AvgIpc) is 2.39. The zero-order chi connectivity index (χ0) is 12.3. The van der Waals surface area contributed by atoms with Gasteiger partial charge in [-0.2, -0.15) is 0 Å². The lowest BCUT2D eigenvalue weighted by Gasteiger charge is -2.32. The standard InChI is InChI=1S/C13H18O4/c1-9(14)12-7-8-16-13(17-12)10-3-5-11(15-2)6-4-10/h3-6,9,12-14H,7-8H2,1-2H3/t9-,12?,13?/m1/s1. The van der Waals surface area contributed by atoms with E-state index in [1.54, 1.807) is 14.0 Å². The predicted octanol–water partition coefficient (Wildman–Crippen LogP) is 1.88. The molecule has 1 aromatic carbocycles. The van der Waals surface area contributed by atoms with Gasteiger partial charge in [0.15, 0.2) is 6.29 Å². The molecule has 0 aromatic heterocycles. The van der Waals surface area contributed by atoms with E-state index in [1.165, 1.54) is 0 Å². The second-order valence-electron chi connectivity index (χ2n) is 4.18. The monoisotopic (exact) mass is 238 g/mol. The van der Waals surface area contributed by atoms with Crippen molar-refractivity contribution in [2.24, 2.45) is 0 Å². The van der Waals surface area contributed by atoms with Crippen LogP contribution in [0, 0.1) is 0 Å². The van der Waals surface area contributed by atoms with Gasteiger partial charge in [-0.1, -0.05) is 12.1 Å². The van der Waals surface area contributed by atoms with Gasteiger partial charge in [0, 0.05) is 5.56 Å². The van der Waals surface area contributed by atoms with Gasteiger partial charge in [0.1, 0.15) is 5.75 Å². The van der Waals surface area contributed by atoms with Crippen LogP contribution in [0.15, 0.2) is 24.3 Å². The van der Waals surface area contributed by atoms with Crippen LogP contribution in [0.5, 0.6) is 5.75 Å². The van der Waals surface area contributed by atoms with Crippen LogP contribution in [-0.4, -0.2) is 31.0 Å². The number of hydrogen-bond donors (Lipinski definition) is 1. The SMILES string of the molecule is COc1ccc(C2OCCC([C@@H](C)O)O2)cc1. The van der Waals surface area contributed by atoms with Crippen LogP contribution in [0.2, 0.25) is 0 Å². The molecule has 2 unspecified atom stereocenters. The van der Waals surface area contributed by atoms with Gasteiger partial charge in [0.2, 0.25) is 0 Å². The summed E-state index contributed by atoms with van der Waals surface area (Å²) in [5.41, 5.74) is 0.941. The second-order valence-corrected chi connectivity index (χ2v) is 4.18. The third kappa shape index (κ3) is 2.97. The predicted molar refractivity (Wildman–Crippen MR) is 62.9 cm³/mol. The van der Waals surface area contributed by atoms with E-state index in [2.05, 4.69) is 0 Å². The van der Waals surface area contributed by atoms with E-state index in [0.29, 0.717) is 6.61 Å². The molecule has 1 fully saturated rings. The Balaban J connectivity index is 2.05. The van der Waals surface area contributed by atoms with Crippen molar-refractivity contribution in [2.75, 3.05) is 13.7 Å². The third-order valence-corrected chi connectivity index (χ3v) is 2.90. The van der Waals surface area contributed by atoms with Crippen molar-refractivity contribution in [3.8, 4) is 5.75 Å². The highest BCUT2D eigenvalue weighted by atomic mass is 16.7. The molecular formula is C13H18O4. The fourth-order valence-electron chi connectivity index (χ4n) is 1.85. The second kappa shape index (κ2) is 5.49. The molecule has 0 bridgehead atoms. The highest BCUT2D eigenvalue weighted by Gasteiger charge is 2.27. The molecule has 1 aromatic rings. The third-order valence-electron chi connectivity index (χ3n) is 2.90. The number of ether oxygens (including phenoxy) is 3. The minimum absolute atomic E-state index is 0.157. The molecular weight excluding hydrogens is 220 g/mol. The van der Waals surface area contributed by atoms with E-state index in [0.717, 1.165) is 17.7 Å². The van der Waals surface area contributed by atoms with E-state index < -0.39 is 12.4 Å². The van der Waals surface area contributed by atoms with E-state index in [4.69, 9.17) is 14.2 Å². The molecule has 1 aliphatic rings. The molecule has 17 heavy (non-hydrogen) atoms. The van der Waals surface area contributed by atoms with Crippen molar-refractivity contribution in [3.05, 3.63) is 29.8 Å².